The first-order chi connectivity index (χ1) is 5.91. The molecular formula is C9H22BrO3Ti. The Morgan fingerprint density at radius 2 is 0.857 bits per heavy atom. The van der Waals surface area contributed by atoms with Gasteiger partial charge in [0.1, 0.15) is 0 Å². The van der Waals surface area contributed by atoms with Crippen LogP contribution in [0.15, 0.2) is 0 Å². The molecule has 0 heterocycles. The summed E-state index contributed by atoms with van der Waals surface area (Å²) in [6.45, 7) is 12.0. The van der Waals surface area contributed by atoms with Crippen LogP contribution in [0.4, 0.5) is 0 Å². The van der Waals surface area contributed by atoms with Crippen LogP contribution in [0, 0.1) is 0 Å². The van der Waals surface area contributed by atoms with Gasteiger partial charge in [-0.2, -0.15) is 0 Å². The summed E-state index contributed by atoms with van der Waals surface area (Å²) >= 11 is -2.18. The van der Waals surface area contributed by atoms with E-state index in [-0.39, 0.29) is 35.3 Å². The van der Waals surface area contributed by atoms with Crippen LogP contribution in [0.3, 0.4) is 0 Å². The van der Waals surface area contributed by atoms with E-state index in [0.29, 0.717) is 0 Å². The minimum atomic E-state index is -2.18. The third kappa shape index (κ3) is 11.2. The summed E-state index contributed by atoms with van der Waals surface area (Å²) in [6.07, 6.45) is 0.562. The second-order valence-corrected chi connectivity index (χ2v) is 5.63. The van der Waals surface area contributed by atoms with Crippen molar-refractivity contribution in [1.82, 2.24) is 0 Å². The fraction of sp³-hybridized carbons (Fsp3) is 1.00. The van der Waals surface area contributed by atoms with E-state index in [2.05, 4.69) is 0 Å². The molecule has 0 unspecified atom stereocenters. The quantitative estimate of drug-likeness (QED) is 0.705. The summed E-state index contributed by atoms with van der Waals surface area (Å²) in [5, 5.41) is 0. The van der Waals surface area contributed by atoms with Crippen molar-refractivity contribution >= 4 is 17.0 Å². The van der Waals surface area contributed by atoms with Gasteiger partial charge in [-0.15, -0.1) is 17.0 Å². The molecule has 0 atom stereocenters. The third-order valence-corrected chi connectivity index (χ3v) is 4.11. The summed E-state index contributed by atoms with van der Waals surface area (Å²) in [6, 6.07) is 0. The zero-order valence-corrected chi connectivity index (χ0v) is 13.1. The van der Waals surface area contributed by atoms with Crippen molar-refractivity contribution in [2.45, 2.75) is 59.9 Å². The predicted molar refractivity (Wildman–Crippen MR) is 59.0 cm³/mol. The summed E-state index contributed by atoms with van der Waals surface area (Å²) < 4.78 is 16.8. The normalized spacial score (nSPS) is 10.9. The van der Waals surface area contributed by atoms with Gasteiger partial charge >= 0.3 is 88.8 Å². The van der Waals surface area contributed by atoms with E-state index in [1.54, 1.807) is 0 Å². The Bertz CT molecular complexity index is 107. The predicted octanol–water partition coefficient (Wildman–Crippen LogP) is 3.20. The van der Waals surface area contributed by atoms with Crippen LogP contribution in [0.1, 0.15) is 41.5 Å². The SMILES string of the molecule is Br.CC(C)[O][Ti]([O]C(C)C)[O]C(C)C. The van der Waals surface area contributed by atoms with Crippen LogP contribution in [-0.2, 0) is 29.0 Å². The molecule has 14 heavy (non-hydrogen) atoms. The van der Waals surface area contributed by atoms with Crippen molar-refractivity contribution in [3.05, 3.63) is 0 Å². The molecule has 0 saturated carbocycles. The molecule has 0 spiro atoms. The Balaban J connectivity index is 0. The van der Waals surface area contributed by atoms with Crippen molar-refractivity contribution < 1.29 is 29.0 Å². The Hall–Kier alpha value is 1.07. The van der Waals surface area contributed by atoms with Crippen LogP contribution in [0.25, 0.3) is 0 Å². The van der Waals surface area contributed by atoms with Gasteiger partial charge in [0, 0.05) is 0 Å². The van der Waals surface area contributed by atoms with E-state index in [0.717, 1.165) is 0 Å². The first-order valence-corrected chi connectivity index (χ1v) is 6.70. The Morgan fingerprint density at radius 3 is 1.00 bits per heavy atom. The molecule has 0 aromatic rings. The minimum absolute atomic E-state index is 0. The van der Waals surface area contributed by atoms with E-state index in [4.69, 9.17) is 9.96 Å². The van der Waals surface area contributed by atoms with Gasteiger partial charge in [-0.05, 0) is 0 Å². The standard InChI is InChI=1S/3C3H7O.BrH.Ti/c3*1-3(2)4;;/h3*3H,1-2H3;1H;/q3*-1;;+3. The third-order valence-electron chi connectivity index (χ3n) is 0.996. The number of hydrogen-bond acceptors (Lipinski definition) is 3. The Kier molecular flexibility index (Phi) is 11.6. The van der Waals surface area contributed by atoms with E-state index in [9.17, 15) is 0 Å². The van der Waals surface area contributed by atoms with Gasteiger partial charge in [0.25, 0.3) is 0 Å². The molecule has 3 nitrogen and oxygen atoms in total. The average molecular weight is 306 g/mol. The Labute approximate surface area is 106 Å². The first kappa shape index (κ1) is 17.5. The Morgan fingerprint density at radius 1 is 0.643 bits per heavy atom. The molecule has 0 amide bonds. The molecule has 87 valence electrons. The van der Waals surface area contributed by atoms with E-state index in [1.165, 1.54) is 0 Å². The molecule has 0 N–H and O–H groups in total. The van der Waals surface area contributed by atoms with Gasteiger partial charge < -0.3 is 0 Å². The zero-order chi connectivity index (χ0) is 10.4. The molecule has 0 fully saturated rings. The number of hydrogen-bond donors (Lipinski definition) is 0. The van der Waals surface area contributed by atoms with Gasteiger partial charge in [-0.1, -0.05) is 0 Å². The molecule has 0 aliphatic rings. The van der Waals surface area contributed by atoms with E-state index in [1.807, 2.05) is 41.5 Å². The number of halogens is 1. The van der Waals surface area contributed by atoms with Crippen molar-refractivity contribution in [3.8, 4) is 0 Å². The van der Waals surface area contributed by atoms with Gasteiger partial charge in [0.05, 0.1) is 0 Å². The molecule has 0 aromatic carbocycles. The van der Waals surface area contributed by atoms with Crippen molar-refractivity contribution in [2.24, 2.45) is 0 Å². The summed E-state index contributed by atoms with van der Waals surface area (Å²) in [5.41, 5.74) is 0. The van der Waals surface area contributed by atoms with E-state index >= 15 is 0 Å². The van der Waals surface area contributed by atoms with Gasteiger partial charge in [-0.3, -0.25) is 0 Å². The van der Waals surface area contributed by atoms with Crippen LogP contribution < -0.4 is 0 Å². The van der Waals surface area contributed by atoms with Crippen molar-refractivity contribution in [1.29, 1.82) is 0 Å². The molecule has 0 saturated heterocycles. The van der Waals surface area contributed by atoms with Gasteiger partial charge in [0.15, 0.2) is 0 Å². The van der Waals surface area contributed by atoms with Crippen molar-refractivity contribution in [3.63, 3.8) is 0 Å². The molecule has 5 heteroatoms. The zero-order valence-electron chi connectivity index (χ0n) is 9.87. The summed E-state index contributed by atoms with van der Waals surface area (Å²) in [7, 11) is 0. The fourth-order valence-electron chi connectivity index (χ4n) is 0.661. The second kappa shape index (κ2) is 9.31. The summed E-state index contributed by atoms with van der Waals surface area (Å²) in [4.78, 5) is 0. The first-order valence-electron chi connectivity index (χ1n) is 4.78. The maximum atomic E-state index is 5.59. The average Bonchev–Trinajstić information content (AvgIpc) is 1.80. The molecule has 0 bridgehead atoms. The maximum absolute atomic E-state index is 5.59. The molecule has 0 aromatic heterocycles. The van der Waals surface area contributed by atoms with Crippen LogP contribution in [0.5, 0.6) is 0 Å². The van der Waals surface area contributed by atoms with E-state index < -0.39 is 19.0 Å². The number of rotatable bonds is 6. The van der Waals surface area contributed by atoms with Crippen LogP contribution >= 0.6 is 17.0 Å². The molecular weight excluding hydrogens is 284 g/mol. The molecule has 0 radical (unpaired) electrons. The molecule has 0 rings (SSSR count). The van der Waals surface area contributed by atoms with Crippen molar-refractivity contribution in [2.75, 3.05) is 0 Å². The van der Waals surface area contributed by atoms with Crippen LogP contribution in [0.2, 0.25) is 0 Å². The van der Waals surface area contributed by atoms with Gasteiger partial charge in [0.2, 0.25) is 0 Å². The van der Waals surface area contributed by atoms with Crippen LogP contribution in [-0.4, -0.2) is 18.3 Å². The topological polar surface area (TPSA) is 27.7 Å². The monoisotopic (exact) mass is 305 g/mol. The van der Waals surface area contributed by atoms with Gasteiger partial charge in [-0.25, -0.2) is 0 Å². The summed E-state index contributed by atoms with van der Waals surface area (Å²) in [5.74, 6) is 0. The molecule has 0 aliphatic heterocycles. The molecule has 0 aliphatic carbocycles. The fourth-order valence-corrected chi connectivity index (χ4v) is 2.72. The second-order valence-electron chi connectivity index (χ2n) is 3.75.